The molecule has 1 saturated carbocycles. The normalized spacial score (nSPS) is 25.7. The molecular weight excluding hydrogens is 248 g/mol. The lowest BCUT2D eigenvalue weighted by atomic mass is 9.89. The van der Waals surface area contributed by atoms with Gasteiger partial charge in [-0.15, -0.1) is 0 Å². The monoisotopic (exact) mass is 274 g/mol. The molecule has 3 unspecified atom stereocenters. The number of carbonyl (C=O) groups excluding carboxylic acids is 1. The predicted octanol–water partition coefficient (Wildman–Crippen LogP) is 1.12. The minimum Gasteiger partial charge on any atom is -0.342 e. The topological polar surface area (TPSA) is 63.4 Å². The highest BCUT2D eigenvalue weighted by atomic mass is 32.2. The Balaban J connectivity index is 2.55. The van der Waals surface area contributed by atoms with Gasteiger partial charge in [0, 0.05) is 29.1 Å². The zero-order valence-corrected chi connectivity index (χ0v) is 12.4. The average Bonchev–Trinajstić information content (AvgIpc) is 2.40. The molecule has 1 rings (SSSR count). The molecule has 0 aromatic carbocycles. The molecule has 0 bridgehead atoms. The van der Waals surface area contributed by atoms with Crippen LogP contribution >= 0.6 is 0 Å². The first kappa shape index (κ1) is 15.6. The van der Waals surface area contributed by atoms with Gasteiger partial charge in [0.1, 0.15) is 5.75 Å². The first-order chi connectivity index (χ1) is 8.63. The van der Waals surface area contributed by atoms with Crippen molar-refractivity contribution in [2.24, 2.45) is 11.7 Å². The van der Waals surface area contributed by atoms with Crippen molar-refractivity contribution in [3.8, 4) is 0 Å². The molecule has 0 aliphatic heterocycles. The summed E-state index contributed by atoms with van der Waals surface area (Å²) in [5.74, 6) is 0.520. The molecular formula is C13H26N2O2S. The van der Waals surface area contributed by atoms with Crippen LogP contribution in [0, 0.1) is 5.92 Å². The van der Waals surface area contributed by atoms with Crippen molar-refractivity contribution >= 4 is 16.7 Å². The summed E-state index contributed by atoms with van der Waals surface area (Å²) in [6.45, 7) is 5.88. The lowest BCUT2D eigenvalue weighted by Crippen LogP contribution is -2.40. The summed E-state index contributed by atoms with van der Waals surface area (Å²) in [7, 11) is -1.06. The highest BCUT2D eigenvalue weighted by Gasteiger charge is 2.30. The second kappa shape index (κ2) is 7.89. The third kappa shape index (κ3) is 4.05. The quantitative estimate of drug-likeness (QED) is 0.789. The number of nitrogens with zero attached hydrogens (tertiary/aromatic N) is 1. The van der Waals surface area contributed by atoms with Crippen LogP contribution in [0.3, 0.4) is 0 Å². The second-order valence-corrected chi connectivity index (χ2v) is 6.57. The molecule has 3 atom stereocenters. The minimum absolute atomic E-state index is 0.0136. The van der Waals surface area contributed by atoms with E-state index in [1.807, 2.05) is 13.8 Å². The van der Waals surface area contributed by atoms with E-state index in [1.54, 1.807) is 4.90 Å². The van der Waals surface area contributed by atoms with Crippen molar-refractivity contribution in [2.75, 3.05) is 25.4 Å². The molecule has 1 aliphatic rings. The Hall–Kier alpha value is -0.420. The van der Waals surface area contributed by atoms with Gasteiger partial charge >= 0.3 is 0 Å². The zero-order valence-electron chi connectivity index (χ0n) is 11.6. The SMILES string of the molecule is CCN(CC)C(=O)CS(=O)C1CCCCC1CN. The smallest absolute Gasteiger partial charge is 0.235 e. The summed E-state index contributed by atoms with van der Waals surface area (Å²) in [5, 5.41) is 0.128. The molecule has 1 amide bonds. The van der Waals surface area contributed by atoms with Gasteiger partial charge in [0.2, 0.25) is 5.91 Å². The van der Waals surface area contributed by atoms with Crippen molar-refractivity contribution in [2.45, 2.75) is 44.8 Å². The van der Waals surface area contributed by atoms with E-state index in [9.17, 15) is 9.00 Å². The minimum atomic E-state index is -1.06. The summed E-state index contributed by atoms with van der Waals surface area (Å²) in [4.78, 5) is 13.7. The summed E-state index contributed by atoms with van der Waals surface area (Å²) >= 11 is 0. The summed E-state index contributed by atoms with van der Waals surface area (Å²) < 4.78 is 12.3. The van der Waals surface area contributed by atoms with Gasteiger partial charge in [-0.05, 0) is 39.2 Å². The van der Waals surface area contributed by atoms with Gasteiger partial charge in [0.25, 0.3) is 0 Å². The molecule has 0 saturated heterocycles. The zero-order chi connectivity index (χ0) is 13.5. The molecule has 5 heteroatoms. The standard InChI is InChI=1S/C13H26N2O2S/c1-3-15(4-2)13(16)10-18(17)12-8-6-5-7-11(12)9-14/h11-12H,3-10,14H2,1-2H3. The highest BCUT2D eigenvalue weighted by Crippen LogP contribution is 2.27. The molecule has 18 heavy (non-hydrogen) atoms. The van der Waals surface area contributed by atoms with Gasteiger partial charge in [-0.2, -0.15) is 0 Å². The Bertz CT molecular complexity index is 293. The molecule has 4 nitrogen and oxygen atoms in total. The Kier molecular flexibility index (Phi) is 6.86. The van der Waals surface area contributed by atoms with E-state index in [-0.39, 0.29) is 16.9 Å². The van der Waals surface area contributed by atoms with Crippen LogP contribution in [0.1, 0.15) is 39.5 Å². The van der Waals surface area contributed by atoms with Crippen LogP contribution in [-0.2, 0) is 15.6 Å². The summed E-state index contributed by atoms with van der Waals surface area (Å²) in [5.41, 5.74) is 5.74. The molecule has 1 aliphatic carbocycles. The van der Waals surface area contributed by atoms with Crippen LogP contribution < -0.4 is 5.73 Å². The number of hydrogen-bond donors (Lipinski definition) is 1. The van der Waals surface area contributed by atoms with E-state index in [4.69, 9.17) is 5.73 Å². The lowest BCUT2D eigenvalue weighted by molar-refractivity contribution is -0.128. The van der Waals surface area contributed by atoms with E-state index in [0.29, 0.717) is 25.6 Å². The van der Waals surface area contributed by atoms with E-state index in [2.05, 4.69) is 0 Å². The highest BCUT2D eigenvalue weighted by molar-refractivity contribution is 7.86. The van der Waals surface area contributed by atoms with Crippen LogP contribution in [0.5, 0.6) is 0 Å². The summed E-state index contributed by atoms with van der Waals surface area (Å²) in [6, 6.07) is 0. The largest absolute Gasteiger partial charge is 0.342 e. The third-order valence-corrected chi connectivity index (χ3v) is 5.69. The van der Waals surface area contributed by atoms with Gasteiger partial charge in [-0.1, -0.05) is 12.8 Å². The van der Waals surface area contributed by atoms with Crippen LogP contribution in [-0.4, -0.2) is 45.7 Å². The maximum atomic E-state index is 12.3. The van der Waals surface area contributed by atoms with Crippen molar-refractivity contribution in [3.05, 3.63) is 0 Å². The molecule has 0 spiro atoms. The molecule has 0 radical (unpaired) electrons. The number of nitrogens with two attached hydrogens (primary N) is 1. The number of hydrogen-bond acceptors (Lipinski definition) is 3. The Morgan fingerprint density at radius 2 is 1.89 bits per heavy atom. The van der Waals surface area contributed by atoms with Gasteiger partial charge in [0.15, 0.2) is 0 Å². The maximum Gasteiger partial charge on any atom is 0.235 e. The fourth-order valence-electron chi connectivity index (χ4n) is 2.69. The summed E-state index contributed by atoms with van der Waals surface area (Å²) in [6.07, 6.45) is 4.32. The van der Waals surface area contributed by atoms with Crippen LogP contribution in [0.15, 0.2) is 0 Å². The van der Waals surface area contributed by atoms with Crippen molar-refractivity contribution in [1.82, 2.24) is 4.90 Å². The lowest BCUT2D eigenvalue weighted by Gasteiger charge is -2.30. The van der Waals surface area contributed by atoms with E-state index in [0.717, 1.165) is 19.3 Å². The van der Waals surface area contributed by atoms with Gasteiger partial charge in [-0.3, -0.25) is 9.00 Å². The van der Waals surface area contributed by atoms with Crippen molar-refractivity contribution in [1.29, 1.82) is 0 Å². The maximum absolute atomic E-state index is 12.3. The Morgan fingerprint density at radius 3 is 2.44 bits per heavy atom. The number of carbonyl (C=O) groups is 1. The van der Waals surface area contributed by atoms with E-state index < -0.39 is 10.8 Å². The molecule has 106 valence electrons. The molecule has 2 N–H and O–H groups in total. The first-order valence-electron chi connectivity index (χ1n) is 6.99. The number of amides is 1. The van der Waals surface area contributed by atoms with Crippen molar-refractivity contribution in [3.63, 3.8) is 0 Å². The van der Waals surface area contributed by atoms with Crippen LogP contribution in [0.2, 0.25) is 0 Å². The van der Waals surface area contributed by atoms with E-state index >= 15 is 0 Å². The molecule has 0 aromatic heterocycles. The molecule has 1 fully saturated rings. The Morgan fingerprint density at radius 1 is 1.28 bits per heavy atom. The number of rotatable bonds is 6. The van der Waals surface area contributed by atoms with Crippen molar-refractivity contribution < 1.29 is 9.00 Å². The predicted molar refractivity (Wildman–Crippen MR) is 75.7 cm³/mol. The van der Waals surface area contributed by atoms with Gasteiger partial charge in [-0.25, -0.2) is 0 Å². The van der Waals surface area contributed by atoms with Gasteiger partial charge in [0.05, 0.1) is 0 Å². The average molecular weight is 274 g/mol. The second-order valence-electron chi connectivity index (χ2n) is 4.91. The molecule has 0 heterocycles. The first-order valence-corrected chi connectivity index (χ1v) is 8.37. The van der Waals surface area contributed by atoms with E-state index in [1.165, 1.54) is 6.42 Å². The van der Waals surface area contributed by atoms with Crippen LogP contribution in [0.25, 0.3) is 0 Å². The van der Waals surface area contributed by atoms with Gasteiger partial charge < -0.3 is 10.6 Å². The molecule has 0 aromatic rings. The third-order valence-electron chi connectivity index (χ3n) is 3.86. The Labute approximate surface area is 113 Å². The fraction of sp³-hybridized carbons (Fsp3) is 0.923. The van der Waals surface area contributed by atoms with Crippen LogP contribution in [0.4, 0.5) is 0 Å². The fourth-order valence-corrected chi connectivity index (χ4v) is 4.43.